The van der Waals surface area contributed by atoms with Crippen molar-refractivity contribution in [2.75, 3.05) is 33.3 Å². The van der Waals surface area contributed by atoms with E-state index in [-0.39, 0.29) is 12.5 Å². The first kappa shape index (κ1) is 16.5. The predicted molar refractivity (Wildman–Crippen MR) is 71.7 cm³/mol. The second-order valence-corrected chi connectivity index (χ2v) is 5.95. The van der Waals surface area contributed by atoms with Crippen molar-refractivity contribution < 1.29 is 22.7 Å². The summed E-state index contributed by atoms with van der Waals surface area (Å²) in [7, 11) is 1.57. The Labute approximate surface area is 123 Å². The van der Waals surface area contributed by atoms with Crippen LogP contribution < -0.4 is 5.32 Å². The van der Waals surface area contributed by atoms with Crippen LogP contribution in [0.1, 0.15) is 25.7 Å². The normalized spacial score (nSPS) is 31.0. The number of alkyl halides is 3. The van der Waals surface area contributed by atoms with Crippen LogP contribution in [0, 0.1) is 11.8 Å². The van der Waals surface area contributed by atoms with Crippen molar-refractivity contribution in [3.63, 3.8) is 0 Å². The number of morpholine rings is 1. The second kappa shape index (κ2) is 6.96. The molecule has 1 heterocycles. The van der Waals surface area contributed by atoms with Crippen LogP contribution >= 0.6 is 0 Å². The van der Waals surface area contributed by atoms with Gasteiger partial charge in [0.1, 0.15) is 0 Å². The summed E-state index contributed by atoms with van der Waals surface area (Å²) in [5.74, 6) is -2.82. The van der Waals surface area contributed by atoms with Gasteiger partial charge in [0, 0.05) is 32.6 Å². The molecule has 0 spiro atoms. The molecule has 1 saturated heterocycles. The second-order valence-electron chi connectivity index (χ2n) is 5.95. The average Bonchev–Trinajstić information content (AvgIpc) is 2.46. The fourth-order valence-electron chi connectivity index (χ4n) is 3.23. The summed E-state index contributed by atoms with van der Waals surface area (Å²) < 4.78 is 44.7. The lowest BCUT2D eigenvalue weighted by Crippen LogP contribution is -2.49. The van der Waals surface area contributed by atoms with E-state index >= 15 is 0 Å². The van der Waals surface area contributed by atoms with Gasteiger partial charge in [0.15, 0.2) is 0 Å². The molecule has 4 nitrogen and oxygen atoms in total. The largest absolute Gasteiger partial charge is 0.392 e. The summed E-state index contributed by atoms with van der Waals surface area (Å²) >= 11 is 0. The van der Waals surface area contributed by atoms with E-state index in [4.69, 9.17) is 4.74 Å². The van der Waals surface area contributed by atoms with E-state index in [0.29, 0.717) is 39.0 Å². The zero-order valence-electron chi connectivity index (χ0n) is 12.3. The third-order valence-electron chi connectivity index (χ3n) is 4.36. The first-order valence-electron chi connectivity index (χ1n) is 7.53. The van der Waals surface area contributed by atoms with Gasteiger partial charge in [0.25, 0.3) is 0 Å². The fraction of sp³-hybridized carbons (Fsp3) is 0.929. The van der Waals surface area contributed by atoms with Crippen LogP contribution in [0.5, 0.6) is 0 Å². The summed E-state index contributed by atoms with van der Waals surface area (Å²) in [5, 5.41) is 3.15. The Morgan fingerprint density at radius 3 is 2.67 bits per heavy atom. The highest BCUT2D eigenvalue weighted by molar-refractivity contribution is 5.79. The minimum absolute atomic E-state index is 0.0647. The average molecular weight is 308 g/mol. The van der Waals surface area contributed by atoms with Crippen molar-refractivity contribution in [2.24, 2.45) is 11.8 Å². The Kier molecular flexibility index (Phi) is 5.48. The molecule has 0 aromatic rings. The quantitative estimate of drug-likeness (QED) is 0.864. The molecule has 2 aliphatic rings. The first-order valence-corrected chi connectivity index (χ1v) is 7.53. The molecule has 1 saturated carbocycles. The van der Waals surface area contributed by atoms with Gasteiger partial charge in [-0.25, -0.2) is 0 Å². The zero-order chi connectivity index (χ0) is 15.5. The number of nitrogens with zero attached hydrogens (tertiary/aromatic N) is 1. The predicted octanol–water partition coefficient (Wildman–Crippen LogP) is 1.80. The van der Waals surface area contributed by atoms with E-state index in [1.807, 2.05) is 0 Å². The topological polar surface area (TPSA) is 41.6 Å². The Morgan fingerprint density at radius 1 is 1.33 bits per heavy atom. The molecule has 1 N–H and O–H groups in total. The Balaban J connectivity index is 1.95. The van der Waals surface area contributed by atoms with Gasteiger partial charge in [0.2, 0.25) is 5.91 Å². The molecule has 3 atom stereocenters. The molecule has 7 heteroatoms. The maximum Gasteiger partial charge on any atom is 0.392 e. The van der Waals surface area contributed by atoms with Crippen LogP contribution in [0.2, 0.25) is 0 Å². The number of halogens is 3. The molecular formula is C14H23F3N2O2. The maximum atomic E-state index is 13.1. The van der Waals surface area contributed by atoms with Crippen molar-refractivity contribution in [2.45, 2.75) is 38.0 Å². The Hall–Kier alpha value is -0.820. The van der Waals surface area contributed by atoms with E-state index < -0.39 is 23.9 Å². The van der Waals surface area contributed by atoms with E-state index in [9.17, 15) is 18.0 Å². The maximum absolute atomic E-state index is 13.1. The lowest BCUT2D eigenvalue weighted by molar-refractivity contribution is -0.200. The van der Waals surface area contributed by atoms with Gasteiger partial charge in [0.05, 0.1) is 18.6 Å². The first-order chi connectivity index (χ1) is 9.89. The monoisotopic (exact) mass is 308 g/mol. The molecule has 0 aromatic heterocycles. The molecule has 1 amide bonds. The molecule has 21 heavy (non-hydrogen) atoms. The van der Waals surface area contributed by atoms with Crippen molar-refractivity contribution >= 4 is 5.91 Å². The molecule has 122 valence electrons. The van der Waals surface area contributed by atoms with E-state index in [1.165, 1.54) is 4.90 Å². The highest BCUT2D eigenvalue weighted by atomic mass is 19.4. The van der Waals surface area contributed by atoms with Crippen molar-refractivity contribution in [1.29, 1.82) is 0 Å². The number of rotatable bonds is 3. The van der Waals surface area contributed by atoms with Gasteiger partial charge in [-0.2, -0.15) is 13.2 Å². The summed E-state index contributed by atoms with van der Waals surface area (Å²) in [5.41, 5.74) is 0. The van der Waals surface area contributed by atoms with Gasteiger partial charge in [-0.05, 0) is 12.8 Å². The lowest BCUT2D eigenvalue weighted by Gasteiger charge is -2.36. The highest BCUT2D eigenvalue weighted by Crippen LogP contribution is 2.42. The third kappa shape index (κ3) is 4.32. The van der Waals surface area contributed by atoms with Gasteiger partial charge in [-0.3, -0.25) is 4.79 Å². The number of amides is 1. The number of likely N-dealkylation sites (N-methyl/N-ethyl adjacent to an activating group) is 1. The van der Waals surface area contributed by atoms with E-state index in [0.717, 1.165) is 6.54 Å². The smallest absolute Gasteiger partial charge is 0.374 e. The minimum Gasteiger partial charge on any atom is -0.374 e. The molecule has 0 bridgehead atoms. The van der Waals surface area contributed by atoms with Gasteiger partial charge >= 0.3 is 6.18 Å². The number of hydrogen-bond acceptors (Lipinski definition) is 3. The lowest BCUT2D eigenvalue weighted by atomic mass is 9.78. The van der Waals surface area contributed by atoms with Crippen LogP contribution in [0.4, 0.5) is 13.2 Å². The van der Waals surface area contributed by atoms with E-state index in [1.54, 1.807) is 7.05 Å². The summed E-state index contributed by atoms with van der Waals surface area (Å²) in [6.45, 7) is 2.31. The minimum atomic E-state index is -4.29. The van der Waals surface area contributed by atoms with Crippen LogP contribution in [-0.4, -0.2) is 56.4 Å². The van der Waals surface area contributed by atoms with Crippen LogP contribution in [0.25, 0.3) is 0 Å². The molecule has 0 aromatic carbocycles. The summed E-state index contributed by atoms with van der Waals surface area (Å²) in [4.78, 5) is 13.8. The van der Waals surface area contributed by atoms with Crippen LogP contribution in [-0.2, 0) is 9.53 Å². The molecule has 1 aliphatic carbocycles. The number of nitrogens with one attached hydrogen (secondary N) is 1. The van der Waals surface area contributed by atoms with Crippen molar-refractivity contribution in [3.8, 4) is 0 Å². The fourth-order valence-corrected chi connectivity index (χ4v) is 3.23. The standard InChI is InChI=1S/C14H23F3N2O2/c1-19(9-10-8-18-6-7-21-10)13(20)11-4-2-3-5-12(11)14(15,16)17/h10-12,18H,2-9H2,1H3. The summed E-state index contributed by atoms with van der Waals surface area (Å²) in [6, 6.07) is 0. The van der Waals surface area contributed by atoms with E-state index in [2.05, 4.69) is 5.32 Å². The number of carbonyl (C=O) groups is 1. The van der Waals surface area contributed by atoms with Crippen LogP contribution in [0.15, 0.2) is 0 Å². The Bertz CT molecular complexity index is 357. The number of ether oxygens (including phenoxy) is 1. The van der Waals surface area contributed by atoms with Crippen LogP contribution in [0.3, 0.4) is 0 Å². The van der Waals surface area contributed by atoms with Gasteiger partial charge in [-0.1, -0.05) is 12.8 Å². The zero-order valence-corrected chi connectivity index (χ0v) is 12.3. The Morgan fingerprint density at radius 2 is 2.05 bits per heavy atom. The highest BCUT2D eigenvalue weighted by Gasteiger charge is 2.48. The van der Waals surface area contributed by atoms with Gasteiger partial charge in [-0.15, -0.1) is 0 Å². The molecule has 2 fully saturated rings. The van der Waals surface area contributed by atoms with Gasteiger partial charge < -0.3 is 15.0 Å². The molecule has 2 rings (SSSR count). The van der Waals surface area contributed by atoms with Crippen molar-refractivity contribution in [3.05, 3.63) is 0 Å². The molecule has 1 aliphatic heterocycles. The van der Waals surface area contributed by atoms with Crippen molar-refractivity contribution in [1.82, 2.24) is 10.2 Å². The summed E-state index contributed by atoms with van der Waals surface area (Å²) in [6.07, 6.45) is -2.79. The molecule has 3 unspecified atom stereocenters. The number of hydrogen-bond donors (Lipinski definition) is 1. The SMILES string of the molecule is CN(CC1CNCCO1)C(=O)C1CCCCC1C(F)(F)F. The number of carbonyl (C=O) groups excluding carboxylic acids is 1. The third-order valence-corrected chi connectivity index (χ3v) is 4.36. The molecular weight excluding hydrogens is 285 g/mol. The molecule has 0 radical (unpaired) electrons.